The Kier molecular flexibility index (Phi) is 5.53. The Morgan fingerprint density at radius 1 is 0.371 bits per heavy atom. The molecule has 0 radical (unpaired) electrons. The van der Waals surface area contributed by atoms with Crippen LogP contribution in [0.3, 0.4) is 0 Å². The maximum Gasteiger partial charge on any atom is 0.226 e. The van der Waals surface area contributed by atoms with Gasteiger partial charge in [-0.3, -0.25) is 0 Å². The monoisotopic (exact) mass is 469 g/mol. The van der Waals surface area contributed by atoms with Crippen LogP contribution >= 0.6 is 11.6 Å². The zero-order valence-electron chi connectivity index (χ0n) is 18.8. The molecule has 0 fully saturated rings. The second-order valence-electron chi connectivity index (χ2n) is 8.27. The van der Waals surface area contributed by atoms with Crippen molar-refractivity contribution in [2.75, 3.05) is 0 Å². The van der Waals surface area contributed by atoms with Gasteiger partial charge in [0, 0.05) is 11.1 Å². The van der Waals surface area contributed by atoms with Crippen LogP contribution in [-0.4, -0.2) is 15.0 Å². The van der Waals surface area contributed by atoms with Gasteiger partial charge in [0.1, 0.15) is 0 Å². The largest absolute Gasteiger partial charge is 0.226 e. The molecule has 0 saturated heterocycles. The average molecular weight is 470 g/mol. The van der Waals surface area contributed by atoms with Crippen LogP contribution in [-0.2, 0) is 0 Å². The van der Waals surface area contributed by atoms with Crippen molar-refractivity contribution >= 4 is 22.4 Å². The molecule has 0 aliphatic rings. The van der Waals surface area contributed by atoms with Crippen molar-refractivity contribution < 1.29 is 0 Å². The van der Waals surface area contributed by atoms with Crippen LogP contribution in [0, 0.1) is 0 Å². The van der Waals surface area contributed by atoms with Crippen molar-refractivity contribution in [3.8, 4) is 45.0 Å². The Morgan fingerprint density at radius 3 is 1.31 bits per heavy atom. The zero-order chi connectivity index (χ0) is 23.6. The van der Waals surface area contributed by atoms with Gasteiger partial charge >= 0.3 is 0 Å². The summed E-state index contributed by atoms with van der Waals surface area (Å²) >= 11 is 6.25. The first kappa shape index (κ1) is 21.2. The summed E-state index contributed by atoms with van der Waals surface area (Å²) in [4.78, 5) is 13.3. The highest BCUT2D eigenvalue weighted by atomic mass is 35.5. The molecule has 0 unspecified atom stereocenters. The van der Waals surface area contributed by atoms with Gasteiger partial charge in [0.25, 0.3) is 0 Å². The number of hydrogen-bond acceptors (Lipinski definition) is 3. The minimum Gasteiger partial charge on any atom is -0.208 e. The third-order valence-corrected chi connectivity index (χ3v) is 6.27. The van der Waals surface area contributed by atoms with Gasteiger partial charge in [0.05, 0.1) is 0 Å². The predicted octanol–water partition coefficient (Wildman–Crippen LogP) is 8.35. The minimum absolute atomic E-state index is 0.181. The quantitative estimate of drug-likeness (QED) is 0.260. The Labute approximate surface area is 208 Å². The lowest BCUT2D eigenvalue weighted by atomic mass is 9.92. The number of benzene rings is 5. The molecule has 0 atom stereocenters. The Hall–Kier alpha value is -4.34. The number of nitrogens with zero attached hydrogens (tertiary/aromatic N) is 3. The van der Waals surface area contributed by atoms with E-state index in [2.05, 4.69) is 87.7 Å². The normalized spacial score (nSPS) is 11.0. The van der Waals surface area contributed by atoms with E-state index in [9.17, 15) is 0 Å². The summed E-state index contributed by atoms with van der Waals surface area (Å²) < 4.78 is 0. The fourth-order valence-electron chi connectivity index (χ4n) is 4.41. The lowest BCUT2D eigenvalue weighted by Gasteiger charge is -2.12. The van der Waals surface area contributed by atoms with Crippen molar-refractivity contribution in [1.29, 1.82) is 0 Å². The second kappa shape index (κ2) is 9.13. The third kappa shape index (κ3) is 4.18. The highest BCUT2D eigenvalue weighted by Gasteiger charge is 2.12. The molecule has 166 valence electrons. The number of aromatic nitrogens is 3. The Bertz CT molecular complexity index is 1630. The molecule has 3 nitrogen and oxygen atoms in total. The summed E-state index contributed by atoms with van der Waals surface area (Å²) in [5.41, 5.74) is 6.56. The van der Waals surface area contributed by atoms with Crippen LogP contribution in [0.15, 0.2) is 121 Å². The Morgan fingerprint density at radius 2 is 0.771 bits per heavy atom. The first-order chi connectivity index (χ1) is 17.3. The van der Waals surface area contributed by atoms with Crippen molar-refractivity contribution in [3.05, 3.63) is 127 Å². The standard InChI is InChI=1S/C31H20ClN3/c32-31-34-29(23-11-5-2-6-12-23)33-30(35-31)24-17-15-22(16-18-24)26-20-19-25(21-9-3-1-4-10-21)27-13-7-8-14-28(26)27/h1-20H. The van der Waals surface area contributed by atoms with Gasteiger partial charge in [-0.05, 0) is 44.6 Å². The van der Waals surface area contributed by atoms with Crippen LogP contribution < -0.4 is 0 Å². The molecule has 4 heteroatoms. The molecule has 1 heterocycles. The molecule has 0 bridgehead atoms. The molecule has 35 heavy (non-hydrogen) atoms. The predicted molar refractivity (Wildman–Crippen MR) is 144 cm³/mol. The molecule has 6 aromatic rings. The molecule has 1 aromatic heterocycles. The van der Waals surface area contributed by atoms with E-state index < -0.39 is 0 Å². The number of rotatable bonds is 4. The van der Waals surface area contributed by atoms with Gasteiger partial charge < -0.3 is 0 Å². The molecule has 0 saturated carbocycles. The molecular formula is C31H20ClN3. The summed E-state index contributed by atoms with van der Waals surface area (Å²) in [6.07, 6.45) is 0. The van der Waals surface area contributed by atoms with Gasteiger partial charge in [-0.15, -0.1) is 0 Å². The van der Waals surface area contributed by atoms with Crippen molar-refractivity contribution in [2.24, 2.45) is 0 Å². The molecule has 5 aromatic carbocycles. The summed E-state index contributed by atoms with van der Waals surface area (Å²) in [5.74, 6) is 1.12. The third-order valence-electron chi connectivity index (χ3n) is 6.10. The summed E-state index contributed by atoms with van der Waals surface area (Å²) in [7, 11) is 0. The summed E-state index contributed by atoms with van der Waals surface area (Å²) in [5, 5.41) is 2.63. The van der Waals surface area contributed by atoms with E-state index in [4.69, 9.17) is 11.6 Å². The van der Waals surface area contributed by atoms with E-state index in [-0.39, 0.29) is 5.28 Å². The van der Waals surface area contributed by atoms with Crippen LogP contribution in [0.5, 0.6) is 0 Å². The molecule has 0 aliphatic heterocycles. The zero-order valence-corrected chi connectivity index (χ0v) is 19.5. The second-order valence-corrected chi connectivity index (χ2v) is 8.61. The van der Waals surface area contributed by atoms with Crippen LogP contribution in [0.2, 0.25) is 5.28 Å². The highest BCUT2D eigenvalue weighted by Crippen LogP contribution is 2.36. The van der Waals surface area contributed by atoms with Gasteiger partial charge in [-0.2, -0.15) is 9.97 Å². The summed E-state index contributed by atoms with van der Waals surface area (Å²) in [6, 6.07) is 41.6. The van der Waals surface area contributed by atoms with E-state index >= 15 is 0 Å². The first-order valence-corrected chi connectivity index (χ1v) is 11.8. The fraction of sp³-hybridized carbons (Fsp3) is 0. The fourth-order valence-corrected chi connectivity index (χ4v) is 4.57. The first-order valence-electron chi connectivity index (χ1n) is 11.4. The van der Waals surface area contributed by atoms with E-state index in [0.717, 1.165) is 16.7 Å². The maximum absolute atomic E-state index is 6.25. The van der Waals surface area contributed by atoms with Gasteiger partial charge in [0.15, 0.2) is 11.6 Å². The van der Waals surface area contributed by atoms with E-state index in [1.54, 1.807) is 0 Å². The lowest BCUT2D eigenvalue weighted by molar-refractivity contribution is 1.07. The molecule has 0 amide bonds. The van der Waals surface area contributed by atoms with Crippen molar-refractivity contribution in [3.63, 3.8) is 0 Å². The molecule has 0 aliphatic carbocycles. The van der Waals surface area contributed by atoms with Crippen LogP contribution in [0.25, 0.3) is 55.8 Å². The number of fused-ring (bicyclic) bond motifs is 1. The maximum atomic E-state index is 6.25. The van der Waals surface area contributed by atoms with Crippen LogP contribution in [0.4, 0.5) is 0 Å². The smallest absolute Gasteiger partial charge is 0.208 e. The van der Waals surface area contributed by atoms with Crippen molar-refractivity contribution in [2.45, 2.75) is 0 Å². The Balaban J connectivity index is 1.40. The average Bonchev–Trinajstić information content (AvgIpc) is 2.93. The van der Waals surface area contributed by atoms with Gasteiger partial charge in [0.2, 0.25) is 5.28 Å². The summed E-state index contributed by atoms with van der Waals surface area (Å²) in [6.45, 7) is 0. The van der Waals surface area contributed by atoms with Gasteiger partial charge in [-0.25, -0.2) is 4.98 Å². The van der Waals surface area contributed by atoms with E-state index in [1.807, 2.05) is 48.5 Å². The minimum atomic E-state index is 0.181. The molecular weight excluding hydrogens is 450 g/mol. The van der Waals surface area contributed by atoms with Crippen LogP contribution in [0.1, 0.15) is 0 Å². The SMILES string of the molecule is Clc1nc(-c2ccccc2)nc(-c2ccc(-c3ccc(-c4ccccc4)c4ccccc34)cc2)n1. The molecule has 0 spiro atoms. The van der Waals surface area contributed by atoms with E-state index in [1.165, 1.54) is 27.5 Å². The number of halogens is 1. The lowest BCUT2D eigenvalue weighted by Crippen LogP contribution is -1.97. The van der Waals surface area contributed by atoms with E-state index in [0.29, 0.717) is 11.6 Å². The highest BCUT2D eigenvalue weighted by molar-refractivity contribution is 6.28. The van der Waals surface area contributed by atoms with Gasteiger partial charge in [-0.1, -0.05) is 121 Å². The van der Waals surface area contributed by atoms with Crippen molar-refractivity contribution in [1.82, 2.24) is 15.0 Å². The molecule has 6 rings (SSSR count). The molecule has 0 N–H and O–H groups in total. The number of hydrogen-bond donors (Lipinski definition) is 0. The topological polar surface area (TPSA) is 38.7 Å².